The lowest BCUT2D eigenvalue weighted by Crippen LogP contribution is -1.98. The first-order valence-corrected chi connectivity index (χ1v) is 18.7. The summed E-state index contributed by atoms with van der Waals surface area (Å²) in [6, 6.07) is 58.4. The highest BCUT2D eigenvalue weighted by molar-refractivity contribution is 6.33. The highest BCUT2D eigenvalue weighted by Crippen LogP contribution is 2.43. The average Bonchev–Trinajstić information content (AvgIpc) is 3.26. The normalized spacial score (nSPS) is 13.3. The van der Waals surface area contributed by atoms with Crippen molar-refractivity contribution in [2.45, 2.75) is 12.8 Å². The average molecular weight is 688 g/mol. The van der Waals surface area contributed by atoms with Gasteiger partial charge in [-0.1, -0.05) is 152 Å². The van der Waals surface area contributed by atoms with Gasteiger partial charge in [0.05, 0.1) is 33.6 Å². The predicted octanol–water partition coefficient (Wildman–Crippen LogP) is 13.4. The molecule has 10 aromatic rings. The van der Waals surface area contributed by atoms with Gasteiger partial charge in [0, 0.05) is 38.1 Å². The van der Waals surface area contributed by atoms with Crippen molar-refractivity contribution >= 4 is 76.2 Å². The number of fused-ring (bicyclic) bond motifs is 11. The first kappa shape index (κ1) is 30.6. The minimum atomic E-state index is 0.913. The molecule has 0 radical (unpaired) electrons. The Morgan fingerprint density at radius 2 is 0.889 bits per heavy atom. The number of benzene rings is 7. The van der Waals surface area contributed by atoms with Gasteiger partial charge < -0.3 is 0 Å². The topological polar surface area (TPSA) is 38.7 Å². The fourth-order valence-corrected chi connectivity index (χ4v) is 8.51. The van der Waals surface area contributed by atoms with E-state index in [1.807, 2.05) is 6.07 Å². The van der Waals surface area contributed by atoms with E-state index < -0.39 is 0 Å². The minimum absolute atomic E-state index is 0.913. The lowest BCUT2D eigenvalue weighted by molar-refractivity contribution is 1.06. The van der Waals surface area contributed by atoms with Crippen molar-refractivity contribution < 1.29 is 0 Å². The van der Waals surface area contributed by atoms with Crippen molar-refractivity contribution in [3.05, 3.63) is 187 Å². The molecular formula is C51H33N3. The molecule has 0 bridgehead atoms. The van der Waals surface area contributed by atoms with Crippen LogP contribution in [0.3, 0.4) is 0 Å². The third-order valence-electron chi connectivity index (χ3n) is 11.1. The molecule has 0 aliphatic heterocycles. The van der Waals surface area contributed by atoms with Crippen molar-refractivity contribution in [1.29, 1.82) is 0 Å². The monoisotopic (exact) mass is 687 g/mol. The van der Waals surface area contributed by atoms with Crippen molar-refractivity contribution in [3.63, 3.8) is 0 Å². The first-order valence-electron chi connectivity index (χ1n) is 18.7. The largest absolute Gasteiger partial charge is 0.247 e. The Hall–Kier alpha value is -6.97. The third kappa shape index (κ3) is 4.93. The predicted molar refractivity (Wildman–Crippen MR) is 227 cm³/mol. The molecule has 252 valence electrons. The van der Waals surface area contributed by atoms with Crippen molar-refractivity contribution in [2.24, 2.45) is 0 Å². The number of pyridine rings is 3. The Morgan fingerprint density at radius 3 is 1.61 bits per heavy atom. The second-order valence-corrected chi connectivity index (χ2v) is 14.3. The standard InChI is InChI=1S/C51H33N3/c1-2-11-33(12-3-1)44-29-27-35-25-26-36-28-30-45(53-51(36)50(35)52-44)34-23-21-32(22-24-34)37-13-10-14-38(31-37)49-48-42-18-7-5-16-40(42)39-15-4-6-17-41(39)47(48)43-19-8-9-20-46(43)54-49/h1-21,23,25-31H,22,24H2. The molecule has 1 aliphatic carbocycles. The fourth-order valence-electron chi connectivity index (χ4n) is 8.51. The van der Waals surface area contributed by atoms with Gasteiger partial charge in [-0.05, 0) is 75.4 Å². The van der Waals surface area contributed by atoms with Crippen LogP contribution in [-0.4, -0.2) is 15.0 Å². The smallest absolute Gasteiger partial charge is 0.0972 e. The molecule has 3 heteroatoms. The SMILES string of the molecule is C1=C(c2cccc(-c3nc4ccccc4c4c5ccccc5c5ccccc5c34)c2)CCC(c2ccc3ccc4ccc(-c5ccccc5)nc4c3n2)=C1. The fraction of sp³-hybridized carbons (Fsp3) is 0.0392. The Morgan fingerprint density at radius 1 is 0.352 bits per heavy atom. The van der Waals surface area contributed by atoms with Crippen LogP contribution < -0.4 is 0 Å². The van der Waals surface area contributed by atoms with E-state index >= 15 is 0 Å². The van der Waals surface area contributed by atoms with E-state index in [9.17, 15) is 0 Å². The summed E-state index contributed by atoms with van der Waals surface area (Å²) in [4.78, 5) is 15.8. The molecule has 0 saturated carbocycles. The Balaban J connectivity index is 1.02. The summed E-state index contributed by atoms with van der Waals surface area (Å²) in [5.74, 6) is 0. The van der Waals surface area contributed by atoms with Crippen LogP contribution in [-0.2, 0) is 0 Å². The van der Waals surface area contributed by atoms with Gasteiger partial charge in [-0.2, -0.15) is 0 Å². The van der Waals surface area contributed by atoms with Crippen molar-refractivity contribution in [1.82, 2.24) is 15.0 Å². The number of hydrogen-bond acceptors (Lipinski definition) is 3. The zero-order chi connectivity index (χ0) is 35.6. The van der Waals surface area contributed by atoms with E-state index in [-0.39, 0.29) is 0 Å². The van der Waals surface area contributed by atoms with E-state index in [2.05, 4.69) is 170 Å². The van der Waals surface area contributed by atoms with E-state index in [1.165, 1.54) is 54.4 Å². The van der Waals surface area contributed by atoms with E-state index in [1.54, 1.807) is 0 Å². The molecule has 0 atom stereocenters. The van der Waals surface area contributed by atoms with Gasteiger partial charge in [-0.25, -0.2) is 15.0 Å². The molecule has 0 N–H and O–H groups in total. The Labute approximate surface area is 312 Å². The summed E-state index contributed by atoms with van der Waals surface area (Å²) in [7, 11) is 0. The van der Waals surface area contributed by atoms with Crippen LogP contribution in [0.25, 0.3) is 98.7 Å². The molecule has 0 spiro atoms. The zero-order valence-corrected chi connectivity index (χ0v) is 29.5. The second kappa shape index (κ2) is 12.3. The van der Waals surface area contributed by atoms with Crippen LogP contribution in [0.2, 0.25) is 0 Å². The molecule has 54 heavy (non-hydrogen) atoms. The maximum atomic E-state index is 5.39. The van der Waals surface area contributed by atoms with Gasteiger partial charge in [0.2, 0.25) is 0 Å². The number of hydrogen-bond donors (Lipinski definition) is 0. The summed E-state index contributed by atoms with van der Waals surface area (Å²) < 4.78 is 0. The molecule has 1 aliphatic rings. The van der Waals surface area contributed by atoms with Crippen molar-refractivity contribution in [2.75, 3.05) is 0 Å². The summed E-state index contributed by atoms with van der Waals surface area (Å²) in [6.07, 6.45) is 6.39. The van der Waals surface area contributed by atoms with Gasteiger partial charge in [0.15, 0.2) is 0 Å². The third-order valence-corrected chi connectivity index (χ3v) is 11.1. The number of para-hydroxylation sites is 1. The number of nitrogens with zero attached hydrogens (tertiary/aromatic N) is 3. The lowest BCUT2D eigenvalue weighted by atomic mass is 9.88. The molecule has 0 saturated heterocycles. The van der Waals surface area contributed by atoms with Crippen molar-refractivity contribution in [3.8, 4) is 22.5 Å². The highest BCUT2D eigenvalue weighted by atomic mass is 14.8. The van der Waals surface area contributed by atoms with Gasteiger partial charge in [-0.3, -0.25) is 0 Å². The van der Waals surface area contributed by atoms with Gasteiger partial charge in [0.1, 0.15) is 0 Å². The lowest BCUT2D eigenvalue weighted by Gasteiger charge is -2.18. The summed E-state index contributed by atoms with van der Waals surface area (Å²) >= 11 is 0. The number of allylic oxidation sites excluding steroid dienone is 4. The van der Waals surface area contributed by atoms with Crippen LogP contribution in [0, 0.1) is 0 Å². The van der Waals surface area contributed by atoms with Crippen LogP contribution in [0.4, 0.5) is 0 Å². The molecule has 3 aromatic heterocycles. The minimum Gasteiger partial charge on any atom is -0.247 e. The number of aromatic nitrogens is 3. The molecule has 3 heterocycles. The van der Waals surface area contributed by atoms with E-state index in [4.69, 9.17) is 15.0 Å². The highest BCUT2D eigenvalue weighted by Gasteiger charge is 2.19. The molecule has 3 nitrogen and oxygen atoms in total. The van der Waals surface area contributed by atoms with E-state index in [0.29, 0.717) is 0 Å². The molecule has 0 amide bonds. The van der Waals surface area contributed by atoms with Gasteiger partial charge in [-0.15, -0.1) is 0 Å². The molecule has 11 rings (SSSR count). The van der Waals surface area contributed by atoms with Crippen LogP contribution in [0.1, 0.15) is 24.1 Å². The molecular weight excluding hydrogens is 655 g/mol. The van der Waals surface area contributed by atoms with Crippen LogP contribution in [0.15, 0.2) is 176 Å². The summed E-state index contributed by atoms with van der Waals surface area (Å²) in [5.41, 5.74) is 11.9. The maximum absolute atomic E-state index is 5.39. The summed E-state index contributed by atoms with van der Waals surface area (Å²) in [6.45, 7) is 0. The zero-order valence-electron chi connectivity index (χ0n) is 29.5. The van der Waals surface area contributed by atoms with Crippen LogP contribution in [0.5, 0.6) is 0 Å². The van der Waals surface area contributed by atoms with Gasteiger partial charge >= 0.3 is 0 Å². The maximum Gasteiger partial charge on any atom is 0.0972 e. The van der Waals surface area contributed by atoms with E-state index in [0.717, 1.165) is 68.4 Å². The number of rotatable bonds is 4. The molecule has 0 fully saturated rings. The molecule has 0 unspecified atom stereocenters. The first-order chi connectivity index (χ1) is 26.8. The second-order valence-electron chi connectivity index (χ2n) is 14.3. The molecule has 7 aromatic carbocycles. The van der Waals surface area contributed by atoms with Crippen LogP contribution >= 0.6 is 0 Å². The van der Waals surface area contributed by atoms with Gasteiger partial charge in [0.25, 0.3) is 0 Å². The Bertz CT molecular complexity index is 3210. The Kier molecular flexibility index (Phi) is 6.99. The summed E-state index contributed by atoms with van der Waals surface area (Å²) in [5, 5.41) is 10.9. The quantitative estimate of drug-likeness (QED) is 0.173.